The van der Waals surface area contributed by atoms with Gasteiger partial charge in [0.15, 0.2) is 0 Å². The molecule has 0 radical (unpaired) electrons. The van der Waals surface area contributed by atoms with Crippen LogP contribution in [0.2, 0.25) is 0 Å². The average molecular weight is 518 g/mol. The van der Waals surface area contributed by atoms with Crippen molar-refractivity contribution in [2.75, 3.05) is 13.7 Å². The third-order valence-corrected chi connectivity index (χ3v) is 7.40. The minimum atomic E-state index is -2.70. The molecule has 2 fully saturated rings. The summed E-state index contributed by atoms with van der Waals surface area (Å²) in [5.41, 5.74) is 1.15. The van der Waals surface area contributed by atoms with Crippen molar-refractivity contribution in [1.82, 2.24) is 20.9 Å². The number of fused-ring (bicyclic) bond motifs is 1. The maximum Gasteiger partial charge on any atom is 0.248 e. The molecule has 4 atom stereocenters. The zero-order valence-electron chi connectivity index (χ0n) is 20.7. The van der Waals surface area contributed by atoms with Gasteiger partial charge in [-0.05, 0) is 56.2 Å². The number of aliphatic hydroxyl groups excluding tert-OH is 1. The predicted molar refractivity (Wildman–Crippen MR) is 132 cm³/mol. The van der Waals surface area contributed by atoms with Crippen molar-refractivity contribution in [2.24, 2.45) is 11.8 Å². The van der Waals surface area contributed by atoms with Crippen molar-refractivity contribution in [1.29, 1.82) is 5.26 Å². The number of methoxy groups -OCH3 is 1. The maximum atomic E-state index is 13.7. The van der Waals surface area contributed by atoms with Crippen molar-refractivity contribution in [3.63, 3.8) is 0 Å². The van der Waals surface area contributed by atoms with Gasteiger partial charge < -0.3 is 25.5 Å². The standard InChI is InChI=1S/C26H33F2N5O4/c1-37-22-4-2-3-19-18(22)13-21(32-19)25(36)33-20(11-15-5-8-26(27,28)9-6-15)24(35)31-17(14-29)12-16-7-10-30-23(16)34/h2-4,13,15-17,20,25,32-33,36H,5-12H2,1H3,(H,30,34)(H,31,35). The van der Waals surface area contributed by atoms with E-state index in [0.717, 1.165) is 10.9 Å². The summed E-state index contributed by atoms with van der Waals surface area (Å²) in [5.74, 6) is -3.23. The van der Waals surface area contributed by atoms with E-state index in [1.807, 2.05) is 18.2 Å². The molecule has 0 spiro atoms. The molecule has 1 aromatic carbocycles. The first-order valence-corrected chi connectivity index (χ1v) is 12.6. The number of aromatic nitrogens is 1. The van der Waals surface area contributed by atoms with Crippen LogP contribution in [-0.4, -0.2) is 53.6 Å². The van der Waals surface area contributed by atoms with Gasteiger partial charge in [-0.1, -0.05) is 6.07 Å². The Kier molecular flexibility index (Phi) is 8.29. The number of carbonyl (C=O) groups excluding carboxylic acids is 2. The number of H-pyrrole nitrogens is 1. The van der Waals surface area contributed by atoms with Gasteiger partial charge in [-0.3, -0.25) is 14.9 Å². The zero-order valence-corrected chi connectivity index (χ0v) is 20.7. The van der Waals surface area contributed by atoms with Crippen LogP contribution in [0.5, 0.6) is 5.75 Å². The molecule has 1 saturated heterocycles. The summed E-state index contributed by atoms with van der Waals surface area (Å²) in [5, 5.41) is 29.7. The Morgan fingerprint density at radius 1 is 1.30 bits per heavy atom. The molecule has 2 heterocycles. The minimum absolute atomic E-state index is 0.140. The largest absolute Gasteiger partial charge is 0.496 e. The molecule has 200 valence electrons. The van der Waals surface area contributed by atoms with Crippen molar-refractivity contribution in [2.45, 2.75) is 69.2 Å². The number of aliphatic hydroxyl groups is 1. The second-order valence-electron chi connectivity index (χ2n) is 10.0. The predicted octanol–water partition coefficient (Wildman–Crippen LogP) is 2.88. The van der Waals surface area contributed by atoms with Gasteiger partial charge in [0.2, 0.25) is 17.7 Å². The first-order valence-electron chi connectivity index (χ1n) is 12.6. The number of amides is 2. The number of ether oxygens (including phenoxy) is 1. The molecule has 4 unspecified atom stereocenters. The fraction of sp³-hybridized carbons (Fsp3) is 0.577. The Hall–Kier alpha value is -3.23. The molecule has 5 N–H and O–H groups in total. The Morgan fingerprint density at radius 2 is 2.05 bits per heavy atom. The number of hydrogen-bond donors (Lipinski definition) is 5. The van der Waals surface area contributed by atoms with Crippen LogP contribution in [-0.2, 0) is 9.59 Å². The molecule has 1 aliphatic heterocycles. The fourth-order valence-corrected chi connectivity index (χ4v) is 5.25. The topological polar surface area (TPSA) is 139 Å². The second kappa shape index (κ2) is 11.4. The van der Waals surface area contributed by atoms with Crippen molar-refractivity contribution >= 4 is 22.7 Å². The number of benzene rings is 1. The molecular weight excluding hydrogens is 484 g/mol. The molecule has 2 aromatic rings. The number of rotatable bonds is 10. The smallest absolute Gasteiger partial charge is 0.248 e. The van der Waals surface area contributed by atoms with Gasteiger partial charge in [0, 0.05) is 36.2 Å². The zero-order chi connectivity index (χ0) is 26.6. The first kappa shape index (κ1) is 26.8. The number of nitrogens with zero attached hydrogens (tertiary/aromatic N) is 1. The van der Waals surface area contributed by atoms with E-state index in [-0.39, 0.29) is 56.3 Å². The van der Waals surface area contributed by atoms with Gasteiger partial charge in [-0.2, -0.15) is 5.26 Å². The van der Waals surface area contributed by atoms with E-state index in [1.165, 1.54) is 0 Å². The average Bonchev–Trinajstić information content (AvgIpc) is 3.50. The summed E-state index contributed by atoms with van der Waals surface area (Å²) in [6, 6.07) is 7.37. The molecule has 1 aromatic heterocycles. The third kappa shape index (κ3) is 6.56. The molecule has 1 aliphatic carbocycles. The Labute approximate surface area is 213 Å². The third-order valence-electron chi connectivity index (χ3n) is 7.40. The number of carbonyl (C=O) groups is 2. The van der Waals surface area contributed by atoms with E-state index in [9.17, 15) is 28.7 Å². The molecule has 37 heavy (non-hydrogen) atoms. The highest BCUT2D eigenvalue weighted by molar-refractivity contribution is 5.87. The van der Waals surface area contributed by atoms with Crippen LogP contribution < -0.4 is 20.7 Å². The van der Waals surface area contributed by atoms with Crippen LogP contribution in [0.15, 0.2) is 24.3 Å². The van der Waals surface area contributed by atoms with Crippen LogP contribution >= 0.6 is 0 Å². The summed E-state index contributed by atoms with van der Waals surface area (Å²) in [4.78, 5) is 28.3. The Morgan fingerprint density at radius 3 is 2.70 bits per heavy atom. The molecule has 2 amide bonds. The maximum absolute atomic E-state index is 13.7. The number of nitrogens with one attached hydrogen (secondary N) is 4. The molecule has 2 aliphatic rings. The second-order valence-corrected chi connectivity index (χ2v) is 10.0. The normalized spacial score (nSPS) is 22.1. The SMILES string of the molecule is COc1cccc2[nH]c(C(O)NC(CC3CCC(F)(F)CC3)C(=O)NC(C#N)CC3CCNC3=O)cc12. The van der Waals surface area contributed by atoms with Crippen molar-refractivity contribution < 1.29 is 28.2 Å². The number of hydrogen-bond acceptors (Lipinski definition) is 6. The van der Waals surface area contributed by atoms with Crippen LogP contribution in [0.3, 0.4) is 0 Å². The molecule has 1 saturated carbocycles. The van der Waals surface area contributed by atoms with E-state index in [4.69, 9.17) is 4.74 Å². The highest BCUT2D eigenvalue weighted by Gasteiger charge is 2.37. The van der Waals surface area contributed by atoms with Gasteiger partial charge in [0.1, 0.15) is 18.0 Å². The van der Waals surface area contributed by atoms with Gasteiger partial charge >= 0.3 is 0 Å². The lowest BCUT2D eigenvalue weighted by Gasteiger charge is -2.31. The van der Waals surface area contributed by atoms with Gasteiger partial charge in [0.25, 0.3) is 0 Å². The molecule has 0 bridgehead atoms. The van der Waals surface area contributed by atoms with E-state index >= 15 is 0 Å². The summed E-state index contributed by atoms with van der Waals surface area (Å²) >= 11 is 0. The van der Waals surface area contributed by atoms with Gasteiger partial charge in [-0.15, -0.1) is 0 Å². The lowest BCUT2D eigenvalue weighted by Crippen LogP contribution is -2.50. The summed E-state index contributed by atoms with van der Waals surface area (Å²) in [6.45, 7) is 0.535. The molecular formula is C26H33F2N5O4. The molecule has 11 heteroatoms. The Balaban J connectivity index is 1.48. The van der Waals surface area contributed by atoms with Crippen LogP contribution in [0, 0.1) is 23.2 Å². The molecule has 4 rings (SSSR count). The summed E-state index contributed by atoms with van der Waals surface area (Å²) in [6.07, 6.45) is -0.218. The van der Waals surface area contributed by atoms with Crippen LogP contribution in [0.1, 0.15) is 56.9 Å². The monoisotopic (exact) mass is 517 g/mol. The van der Waals surface area contributed by atoms with Crippen molar-refractivity contribution in [3.8, 4) is 11.8 Å². The van der Waals surface area contributed by atoms with E-state index < -0.39 is 30.1 Å². The quantitative estimate of drug-likeness (QED) is 0.307. The first-order chi connectivity index (χ1) is 17.7. The summed E-state index contributed by atoms with van der Waals surface area (Å²) in [7, 11) is 1.55. The summed E-state index contributed by atoms with van der Waals surface area (Å²) < 4.78 is 32.8. The lowest BCUT2D eigenvalue weighted by molar-refractivity contribution is -0.126. The number of alkyl halides is 2. The van der Waals surface area contributed by atoms with E-state index in [1.54, 1.807) is 19.2 Å². The highest BCUT2D eigenvalue weighted by atomic mass is 19.3. The van der Waals surface area contributed by atoms with E-state index in [0.29, 0.717) is 24.4 Å². The van der Waals surface area contributed by atoms with Gasteiger partial charge in [-0.25, -0.2) is 8.78 Å². The van der Waals surface area contributed by atoms with E-state index in [2.05, 4.69) is 20.9 Å². The highest BCUT2D eigenvalue weighted by Crippen LogP contribution is 2.38. The van der Waals surface area contributed by atoms with Crippen LogP contribution in [0.25, 0.3) is 10.9 Å². The fourth-order valence-electron chi connectivity index (χ4n) is 5.25. The number of aromatic amines is 1. The minimum Gasteiger partial charge on any atom is -0.496 e. The van der Waals surface area contributed by atoms with Crippen LogP contribution in [0.4, 0.5) is 8.78 Å². The van der Waals surface area contributed by atoms with Gasteiger partial charge in [0.05, 0.1) is 24.9 Å². The number of nitriles is 1. The lowest BCUT2D eigenvalue weighted by atomic mass is 9.82. The van der Waals surface area contributed by atoms with Crippen molar-refractivity contribution in [3.05, 3.63) is 30.0 Å². The number of halogens is 2. The molecule has 9 nitrogen and oxygen atoms in total. The Bertz CT molecular complexity index is 1150.